The van der Waals surface area contributed by atoms with Gasteiger partial charge in [-0.1, -0.05) is 12.7 Å². The van der Waals surface area contributed by atoms with Gasteiger partial charge in [-0.25, -0.2) is 9.59 Å². The number of carbonyl (C=O) groups is 3. The Kier molecular flexibility index (Phi) is 4.52. The fraction of sp³-hybridized carbons (Fsp3) is 0.550. The normalized spacial score (nSPS) is 43.5. The van der Waals surface area contributed by atoms with Gasteiger partial charge < -0.3 is 24.1 Å². The molecule has 8 heteroatoms. The van der Waals surface area contributed by atoms with Crippen LogP contribution in [-0.2, 0) is 33.3 Å². The van der Waals surface area contributed by atoms with Gasteiger partial charge in [-0.15, -0.1) is 0 Å². The van der Waals surface area contributed by atoms with Gasteiger partial charge in [-0.2, -0.15) is 0 Å². The molecular weight excluding hydrogens is 368 g/mol. The van der Waals surface area contributed by atoms with E-state index in [1.807, 2.05) is 6.92 Å². The van der Waals surface area contributed by atoms with Crippen LogP contribution in [-0.4, -0.2) is 66.1 Å². The van der Waals surface area contributed by atoms with Crippen LogP contribution in [0.25, 0.3) is 0 Å². The second-order valence-corrected chi connectivity index (χ2v) is 7.70. The van der Waals surface area contributed by atoms with Crippen molar-refractivity contribution in [2.75, 3.05) is 6.61 Å². The van der Waals surface area contributed by atoms with Gasteiger partial charge in [0.15, 0.2) is 0 Å². The van der Waals surface area contributed by atoms with Crippen molar-refractivity contribution in [2.45, 2.75) is 56.4 Å². The number of aliphatic hydroxyl groups is 1. The molecule has 0 saturated carbocycles. The second kappa shape index (κ2) is 6.65. The van der Waals surface area contributed by atoms with E-state index in [4.69, 9.17) is 18.9 Å². The summed E-state index contributed by atoms with van der Waals surface area (Å²) in [7, 11) is 0. The Morgan fingerprint density at radius 2 is 2.25 bits per heavy atom. The molecule has 0 unspecified atom stereocenters. The van der Waals surface area contributed by atoms with E-state index in [9.17, 15) is 19.5 Å². The predicted molar refractivity (Wildman–Crippen MR) is 93.9 cm³/mol. The number of fused-ring (bicyclic) bond motifs is 4. The minimum absolute atomic E-state index is 0.109. The van der Waals surface area contributed by atoms with Crippen LogP contribution in [0.3, 0.4) is 0 Å². The van der Waals surface area contributed by atoms with Crippen molar-refractivity contribution in [3.8, 4) is 0 Å². The smallest absolute Gasteiger partial charge is 0.336 e. The Morgan fingerprint density at radius 3 is 2.89 bits per heavy atom. The number of aldehydes is 1. The highest BCUT2D eigenvalue weighted by atomic mass is 16.7. The first-order chi connectivity index (χ1) is 13.3. The summed E-state index contributed by atoms with van der Waals surface area (Å²) >= 11 is 0. The van der Waals surface area contributed by atoms with Crippen LogP contribution < -0.4 is 0 Å². The highest BCUT2D eigenvalue weighted by Crippen LogP contribution is 2.53. The van der Waals surface area contributed by atoms with Crippen LogP contribution in [0.1, 0.15) is 20.3 Å². The lowest BCUT2D eigenvalue weighted by atomic mass is 9.82. The van der Waals surface area contributed by atoms with E-state index in [1.54, 1.807) is 13.0 Å². The largest absolute Gasteiger partial charge is 0.458 e. The van der Waals surface area contributed by atoms with Crippen LogP contribution in [0.15, 0.2) is 35.5 Å². The number of carbonyl (C=O) groups excluding carboxylic acids is 3. The molecule has 0 aromatic rings. The molecule has 3 fully saturated rings. The number of hydrogen-bond acceptors (Lipinski definition) is 8. The summed E-state index contributed by atoms with van der Waals surface area (Å²) in [6.07, 6.45) is 1.55. The van der Waals surface area contributed by atoms with E-state index >= 15 is 0 Å². The molecule has 0 spiro atoms. The summed E-state index contributed by atoms with van der Waals surface area (Å²) in [5.41, 5.74) is 0.0287. The SMILES string of the molecule is C=C1C(=O)O[C@@H]2/C=C(/C=O)[C@@H]3O[C@@H]3[C@@H]3O[C@]3(C)C[C@@H](OC(=O)/C(=C\C)CO)[C@@H]12. The average Bonchev–Trinajstić information content (AvgIpc) is 3.53. The molecule has 1 aliphatic carbocycles. The fourth-order valence-electron chi connectivity index (χ4n) is 4.16. The molecule has 4 rings (SSSR count). The van der Waals surface area contributed by atoms with Crippen LogP contribution >= 0.6 is 0 Å². The van der Waals surface area contributed by atoms with Crippen molar-refractivity contribution in [2.24, 2.45) is 5.92 Å². The zero-order chi connectivity index (χ0) is 20.2. The molecular formula is C20H22O8. The van der Waals surface area contributed by atoms with Gasteiger partial charge in [0.25, 0.3) is 0 Å². The summed E-state index contributed by atoms with van der Waals surface area (Å²) < 4.78 is 22.5. The van der Waals surface area contributed by atoms with Gasteiger partial charge in [-0.05, 0) is 19.9 Å². The molecule has 1 N–H and O–H groups in total. The number of hydrogen-bond donors (Lipinski definition) is 1. The third-order valence-corrected chi connectivity index (χ3v) is 5.89. The van der Waals surface area contributed by atoms with Gasteiger partial charge in [0.1, 0.15) is 36.8 Å². The number of epoxide rings is 2. The van der Waals surface area contributed by atoms with Gasteiger partial charge in [0.2, 0.25) is 0 Å². The van der Waals surface area contributed by atoms with Gasteiger partial charge in [-0.3, -0.25) is 4.79 Å². The van der Waals surface area contributed by atoms with E-state index < -0.39 is 42.3 Å². The van der Waals surface area contributed by atoms with E-state index in [-0.39, 0.29) is 29.5 Å². The zero-order valence-corrected chi connectivity index (χ0v) is 15.6. The standard InChI is InChI=1S/C20H22O8/c1-4-10(7-21)19(24)26-13-6-20(3)17(28-20)16-15(27-16)11(8-22)5-12-14(13)9(2)18(23)25-12/h4-5,8,12-17,21H,2,6-7H2,1,3H3/b10-4-,11-5-/t12-,13-,14+,15+,16+,17+,20-/m1/s1. The molecule has 0 aromatic heterocycles. The molecule has 0 aromatic carbocycles. The van der Waals surface area contributed by atoms with Crippen molar-refractivity contribution in [1.82, 2.24) is 0 Å². The van der Waals surface area contributed by atoms with Crippen LogP contribution in [0, 0.1) is 5.92 Å². The Hall–Kier alpha value is -2.29. The molecule has 7 atom stereocenters. The topological polar surface area (TPSA) is 115 Å². The molecule has 0 amide bonds. The van der Waals surface area contributed by atoms with E-state index in [0.29, 0.717) is 18.3 Å². The molecule has 3 heterocycles. The molecule has 4 aliphatic rings. The number of esters is 2. The third-order valence-electron chi connectivity index (χ3n) is 5.89. The number of allylic oxidation sites excluding steroid dienone is 1. The number of aliphatic hydroxyl groups excluding tert-OH is 1. The molecule has 3 saturated heterocycles. The van der Waals surface area contributed by atoms with E-state index in [2.05, 4.69) is 6.58 Å². The summed E-state index contributed by atoms with van der Waals surface area (Å²) in [4.78, 5) is 36.2. The van der Waals surface area contributed by atoms with Crippen molar-refractivity contribution in [1.29, 1.82) is 0 Å². The quantitative estimate of drug-likeness (QED) is 0.317. The summed E-state index contributed by atoms with van der Waals surface area (Å²) in [6, 6.07) is 0. The minimum atomic E-state index is -0.801. The maximum atomic E-state index is 12.5. The summed E-state index contributed by atoms with van der Waals surface area (Å²) in [5.74, 6) is -1.95. The molecule has 0 radical (unpaired) electrons. The maximum absolute atomic E-state index is 12.5. The summed E-state index contributed by atoms with van der Waals surface area (Å²) in [6.45, 7) is 6.84. The second-order valence-electron chi connectivity index (χ2n) is 7.70. The number of rotatable bonds is 4. The van der Waals surface area contributed by atoms with Gasteiger partial charge >= 0.3 is 11.9 Å². The highest BCUT2D eigenvalue weighted by molar-refractivity contribution is 5.92. The molecule has 0 bridgehead atoms. The fourth-order valence-corrected chi connectivity index (χ4v) is 4.16. The number of ether oxygens (including phenoxy) is 4. The molecule has 28 heavy (non-hydrogen) atoms. The monoisotopic (exact) mass is 390 g/mol. The molecule has 3 aliphatic heterocycles. The van der Waals surface area contributed by atoms with Crippen LogP contribution in [0.5, 0.6) is 0 Å². The Morgan fingerprint density at radius 1 is 1.50 bits per heavy atom. The van der Waals surface area contributed by atoms with Crippen molar-refractivity contribution >= 4 is 18.2 Å². The first-order valence-electron chi connectivity index (χ1n) is 9.20. The van der Waals surface area contributed by atoms with Crippen LogP contribution in [0.2, 0.25) is 0 Å². The highest BCUT2D eigenvalue weighted by Gasteiger charge is 2.67. The lowest BCUT2D eigenvalue weighted by Crippen LogP contribution is -2.38. The first-order valence-corrected chi connectivity index (χ1v) is 9.20. The zero-order valence-electron chi connectivity index (χ0n) is 15.6. The summed E-state index contributed by atoms with van der Waals surface area (Å²) in [5, 5.41) is 9.35. The van der Waals surface area contributed by atoms with Crippen molar-refractivity contribution < 1.29 is 38.4 Å². The average molecular weight is 390 g/mol. The predicted octanol–water partition coefficient (Wildman–Crippen LogP) is 0.388. The van der Waals surface area contributed by atoms with E-state index in [1.165, 1.54) is 6.08 Å². The van der Waals surface area contributed by atoms with Gasteiger partial charge in [0, 0.05) is 17.6 Å². The Balaban J connectivity index is 1.71. The lowest BCUT2D eigenvalue weighted by molar-refractivity contribution is -0.149. The first kappa shape index (κ1) is 19.0. The minimum Gasteiger partial charge on any atom is -0.458 e. The van der Waals surface area contributed by atoms with Gasteiger partial charge in [0.05, 0.1) is 23.7 Å². The Bertz CT molecular complexity index is 811. The molecule has 150 valence electrons. The van der Waals surface area contributed by atoms with Crippen molar-refractivity contribution in [3.63, 3.8) is 0 Å². The third kappa shape index (κ3) is 3.01. The van der Waals surface area contributed by atoms with Crippen LogP contribution in [0.4, 0.5) is 0 Å². The van der Waals surface area contributed by atoms with E-state index in [0.717, 1.165) is 0 Å². The van der Waals surface area contributed by atoms with Crippen molar-refractivity contribution in [3.05, 3.63) is 35.5 Å². The maximum Gasteiger partial charge on any atom is 0.336 e. The Labute approximate surface area is 161 Å². The molecule has 8 nitrogen and oxygen atoms in total. The lowest BCUT2D eigenvalue weighted by Gasteiger charge is -2.28.